The number of ether oxygens (including phenoxy) is 1. The second kappa shape index (κ2) is 5.00. The molecule has 20 heavy (non-hydrogen) atoms. The molecule has 104 valence electrons. The minimum absolute atomic E-state index is 0.270. The molecule has 1 aliphatic carbocycles. The standard InChI is InChI=1S/C16H20BNO2/c1-18-13-9-11(16(19)20-2)7-8-12(13)14(15(18)17)10-5-3-4-6-10/h7-10H,3-6,17H2,1-2H3. The molecule has 3 rings (SSSR count). The predicted molar refractivity (Wildman–Crippen MR) is 83.6 cm³/mol. The van der Waals surface area contributed by atoms with E-state index in [1.807, 2.05) is 12.1 Å². The van der Waals surface area contributed by atoms with Crippen LogP contribution in [0.15, 0.2) is 18.2 Å². The van der Waals surface area contributed by atoms with Gasteiger partial charge in [0.1, 0.15) is 0 Å². The molecule has 0 radical (unpaired) electrons. The van der Waals surface area contributed by atoms with Crippen LogP contribution in [0.1, 0.15) is 47.5 Å². The number of aryl methyl sites for hydroxylation is 1. The average molecular weight is 269 g/mol. The van der Waals surface area contributed by atoms with Crippen LogP contribution in [0.25, 0.3) is 10.9 Å². The van der Waals surface area contributed by atoms with Crippen molar-refractivity contribution in [1.82, 2.24) is 4.57 Å². The van der Waals surface area contributed by atoms with Crippen LogP contribution in [-0.4, -0.2) is 25.5 Å². The number of hydrogen-bond acceptors (Lipinski definition) is 2. The summed E-state index contributed by atoms with van der Waals surface area (Å²) in [7, 11) is 5.69. The second-order valence-corrected chi connectivity index (χ2v) is 5.76. The summed E-state index contributed by atoms with van der Waals surface area (Å²) in [4.78, 5) is 11.7. The number of fused-ring (bicyclic) bond motifs is 1. The van der Waals surface area contributed by atoms with E-state index in [2.05, 4.69) is 25.5 Å². The number of carbonyl (C=O) groups is 1. The molecule has 3 nitrogen and oxygen atoms in total. The Morgan fingerprint density at radius 3 is 2.70 bits per heavy atom. The van der Waals surface area contributed by atoms with Gasteiger partial charge in [-0.1, -0.05) is 18.9 Å². The van der Waals surface area contributed by atoms with Crippen LogP contribution in [0, 0.1) is 0 Å². The van der Waals surface area contributed by atoms with E-state index >= 15 is 0 Å². The first-order chi connectivity index (χ1) is 9.63. The topological polar surface area (TPSA) is 31.2 Å². The van der Waals surface area contributed by atoms with Gasteiger partial charge in [-0.2, -0.15) is 0 Å². The fourth-order valence-electron chi connectivity index (χ4n) is 3.57. The Morgan fingerprint density at radius 2 is 2.05 bits per heavy atom. The number of carbonyl (C=O) groups excluding carboxylic acids is 1. The van der Waals surface area contributed by atoms with Gasteiger partial charge >= 0.3 is 5.97 Å². The molecule has 4 heteroatoms. The molecule has 1 aromatic heterocycles. The van der Waals surface area contributed by atoms with Crippen molar-refractivity contribution in [3.8, 4) is 0 Å². The van der Waals surface area contributed by atoms with E-state index in [0.29, 0.717) is 11.5 Å². The summed E-state index contributed by atoms with van der Waals surface area (Å²) < 4.78 is 7.02. The first-order valence-electron chi connectivity index (χ1n) is 7.30. The Balaban J connectivity index is 2.17. The molecular formula is C16H20BNO2. The third kappa shape index (κ3) is 1.94. The number of esters is 1. The first-order valence-corrected chi connectivity index (χ1v) is 7.30. The van der Waals surface area contributed by atoms with Gasteiger partial charge < -0.3 is 9.30 Å². The van der Waals surface area contributed by atoms with Crippen molar-refractivity contribution in [2.24, 2.45) is 7.05 Å². The van der Waals surface area contributed by atoms with Gasteiger partial charge in [0.05, 0.1) is 12.7 Å². The van der Waals surface area contributed by atoms with Crippen LogP contribution in [0.4, 0.5) is 0 Å². The van der Waals surface area contributed by atoms with E-state index in [1.165, 1.54) is 49.3 Å². The summed E-state index contributed by atoms with van der Waals surface area (Å²) in [5, 5.41) is 1.30. The van der Waals surface area contributed by atoms with Gasteiger partial charge in [0.25, 0.3) is 0 Å². The number of rotatable bonds is 2. The molecule has 0 saturated heterocycles. The Hall–Kier alpha value is -1.71. The summed E-state index contributed by atoms with van der Waals surface area (Å²) in [6.07, 6.45) is 5.25. The molecule has 1 aliphatic rings. The highest BCUT2D eigenvalue weighted by atomic mass is 16.5. The fraction of sp³-hybridized carbons (Fsp3) is 0.438. The molecule has 0 aliphatic heterocycles. The van der Waals surface area contributed by atoms with Crippen LogP contribution in [0.2, 0.25) is 0 Å². The Bertz CT molecular complexity index is 669. The van der Waals surface area contributed by atoms with E-state index in [4.69, 9.17) is 4.74 Å². The maximum atomic E-state index is 11.7. The van der Waals surface area contributed by atoms with Crippen molar-refractivity contribution < 1.29 is 9.53 Å². The monoisotopic (exact) mass is 269 g/mol. The minimum atomic E-state index is -0.270. The molecule has 0 atom stereocenters. The van der Waals surface area contributed by atoms with Crippen molar-refractivity contribution in [3.63, 3.8) is 0 Å². The van der Waals surface area contributed by atoms with Crippen LogP contribution in [0.5, 0.6) is 0 Å². The molecule has 0 amide bonds. The van der Waals surface area contributed by atoms with Crippen LogP contribution in [0.3, 0.4) is 0 Å². The zero-order valence-corrected chi connectivity index (χ0v) is 12.4. The Kier molecular flexibility index (Phi) is 3.32. The quantitative estimate of drug-likeness (QED) is 0.615. The molecule has 2 aromatic rings. The lowest BCUT2D eigenvalue weighted by atomic mass is 9.87. The molecule has 1 aromatic carbocycles. The van der Waals surface area contributed by atoms with Crippen molar-refractivity contribution in [2.75, 3.05) is 7.11 Å². The van der Waals surface area contributed by atoms with Gasteiger partial charge in [-0.3, -0.25) is 0 Å². The van der Waals surface area contributed by atoms with E-state index in [-0.39, 0.29) is 5.97 Å². The third-order valence-corrected chi connectivity index (χ3v) is 4.73. The van der Waals surface area contributed by atoms with Gasteiger partial charge in [0.2, 0.25) is 0 Å². The summed E-state index contributed by atoms with van der Waals surface area (Å²) >= 11 is 0. The maximum absolute atomic E-state index is 11.7. The molecule has 0 spiro atoms. The zero-order chi connectivity index (χ0) is 14.3. The summed E-state index contributed by atoms with van der Waals surface area (Å²) in [6, 6.07) is 5.92. The molecule has 0 N–H and O–H groups in total. The number of aromatic nitrogens is 1. The van der Waals surface area contributed by atoms with Gasteiger partial charge in [-0.05, 0) is 42.0 Å². The summed E-state index contributed by atoms with van der Waals surface area (Å²) in [6.45, 7) is 0. The highest BCUT2D eigenvalue weighted by Crippen LogP contribution is 2.37. The fourth-order valence-corrected chi connectivity index (χ4v) is 3.57. The summed E-state index contributed by atoms with van der Waals surface area (Å²) in [5.74, 6) is 0.413. The molecule has 0 bridgehead atoms. The normalized spacial score (nSPS) is 15.9. The van der Waals surface area contributed by atoms with Crippen LogP contribution < -0.4 is 5.59 Å². The molecular weight excluding hydrogens is 249 g/mol. The maximum Gasteiger partial charge on any atom is 0.337 e. The smallest absolute Gasteiger partial charge is 0.337 e. The van der Waals surface area contributed by atoms with E-state index in [0.717, 1.165) is 5.52 Å². The van der Waals surface area contributed by atoms with Crippen LogP contribution in [-0.2, 0) is 11.8 Å². The molecule has 1 fully saturated rings. The zero-order valence-electron chi connectivity index (χ0n) is 12.4. The lowest BCUT2D eigenvalue weighted by molar-refractivity contribution is 0.0601. The molecule has 1 heterocycles. The number of nitrogens with zero attached hydrogens (tertiary/aromatic N) is 1. The highest BCUT2D eigenvalue weighted by Gasteiger charge is 2.24. The van der Waals surface area contributed by atoms with Gasteiger partial charge in [0, 0.05) is 18.0 Å². The van der Waals surface area contributed by atoms with Gasteiger partial charge in [-0.15, -0.1) is 0 Å². The molecule has 1 saturated carbocycles. The van der Waals surface area contributed by atoms with Crippen molar-refractivity contribution in [2.45, 2.75) is 31.6 Å². The average Bonchev–Trinajstić information content (AvgIpc) is 3.06. The van der Waals surface area contributed by atoms with Gasteiger partial charge in [0.15, 0.2) is 7.85 Å². The van der Waals surface area contributed by atoms with Gasteiger partial charge in [-0.25, -0.2) is 4.79 Å². The van der Waals surface area contributed by atoms with Crippen LogP contribution >= 0.6 is 0 Å². The van der Waals surface area contributed by atoms with E-state index < -0.39 is 0 Å². The largest absolute Gasteiger partial charge is 0.465 e. The second-order valence-electron chi connectivity index (χ2n) is 5.76. The van der Waals surface area contributed by atoms with E-state index in [9.17, 15) is 4.79 Å². The van der Waals surface area contributed by atoms with Crippen molar-refractivity contribution in [1.29, 1.82) is 0 Å². The predicted octanol–water partition coefficient (Wildman–Crippen LogP) is 1.88. The minimum Gasteiger partial charge on any atom is -0.465 e. The summed E-state index contributed by atoms with van der Waals surface area (Å²) in [5.41, 5.74) is 4.57. The lowest BCUT2D eigenvalue weighted by Crippen LogP contribution is -2.18. The van der Waals surface area contributed by atoms with E-state index in [1.54, 1.807) is 0 Å². The third-order valence-electron chi connectivity index (χ3n) is 4.73. The number of benzene rings is 1. The highest BCUT2D eigenvalue weighted by molar-refractivity contribution is 6.34. The van der Waals surface area contributed by atoms with Crippen molar-refractivity contribution in [3.05, 3.63) is 29.3 Å². The Labute approximate surface area is 120 Å². The number of methoxy groups -OCH3 is 1. The lowest BCUT2D eigenvalue weighted by Gasteiger charge is -2.10. The number of hydrogen-bond donors (Lipinski definition) is 0. The first kappa shape index (κ1) is 13.3. The SMILES string of the molecule is Bc1c(C2CCCC2)c2ccc(C(=O)OC)cc2n1C. The molecule has 0 unspecified atom stereocenters. The van der Waals surface area contributed by atoms with Crippen molar-refractivity contribution >= 4 is 30.3 Å². The Morgan fingerprint density at radius 1 is 1.35 bits per heavy atom.